The van der Waals surface area contributed by atoms with Crippen LogP contribution in [0.1, 0.15) is 27.0 Å². The van der Waals surface area contributed by atoms with Gasteiger partial charge in [0.1, 0.15) is 24.0 Å². The fourth-order valence-electron chi connectivity index (χ4n) is 3.89. The first-order valence-corrected chi connectivity index (χ1v) is 14.1. The zero-order valence-corrected chi connectivity index (χ0v) is 23.7. The first-order valence-electron chi connectivity index (χ1n) is 12.2. The first-order chi connectivity index (χ1) is 18.8. The van der Waals surface area contributed by atoms with E-state index in [2.05, 4.69) is 25.4 Å². The number of para-hydroxylation sites is 1. The highest BCUT2D eigenvalue weighted by Crippen LogP contribution is 2.49. The molecule has 1 aromatic carbocycles. The maximum absolute atomic E-state index is 15.7. The van der Waals surface area contributed by atoms with Crippen LogP contribution in [-0.4, -0.2) is 73.7 Å². The molecule has 0 bridgehead atoms. The molecular weight excluding hydrogens is 572 g/mol. The number of nitrogens with zero attached hydrogens (tertiary/aromatic N) is 4. The third-order valence-corrected chi connectivity index (χ3v) is 7.80. The van der Waals surface area contributed by atoms with Gasteiger partial charge in [-0.3, -0.25) is 13.9 Å². The zero-order chi connectivity index (χ0) is 29.2. The summed E-state index contributed by atoms with van der Waals surface area (Å²) in [4.78, 5) is 24.7. The Labute approximate surface area is 233 Å². The molecule has 0 aliphatic carbocycles. The third-order valence-electron chi connectivity index (χ3n) is 5.74. The molecule has 6 atom stereocenters. The monoisotopic (exact) mass is 601 g/mol. The molecule has 0 amide bonds. The molecule has 0 radical (unpaired) electrons. The van der Waals surface area contributed by atoms with E-state index in [0.717, 1.165) is 4.57 Å². The maximum Gasteiger partial charge on any atom is 0.459 e. The van der Waals surface area contributed by atoms with Crippen molar-refractivity contribution in [2.24, 2.45) is 0 Å². The lowest BCUT2D eigenvalue weighted by molar-refractivity contribution is -0.149. The summed E-state index contributed by atoms with van der Waals surface area (Å²) < 4.78 is 52.6. The number of fused-ring (bicyclic) bond motifs is 1. The number of anilines is 2. The van der Waals surface area contributed by atoms with Crippen LogP contribution in [0.2, 0.25) is 0 Å². The second kappa shape index (κ2) is 11.8. The average molecular weight is 602 g/mol. The van der Waals surface area contributed by atoms with E-state index >= 15 is 4.39 Å². The van der Waals surface area contributed by atoms with Crippen LogP contribution in [-0.2, 0) is 23.4 Å². The molecule has 17 heteroatoms. The second-order valence-corrected chi connectivity index (χ2v) is 11.5. The van der Waals surface area contributed by atoms with Gasteiger partial charge in [0.05, 0.1) is 19.0 Å². The Morgan fingerprint density at radius 3 is 2.67 bits per heavy atom. The van der Waals surface area contributed by atoms with Crippen molar-refractivity contribution in [1.29, 1.82) is 0 Å². The minimum atomic E-state index is -4.32. The van der Waals surface area contributed by atoms with Gasteiger partial charge in [-0.2, -0.15) is 15.1 Å². The zero-order valence-electron chi connectivity index (χ0n) is 22.0. The summed E-state index contributed by atoms with van der Waals surface area (Å²) in [6.07, 6.45) is -4.22. The Morgan fingerprint density at radius 2 is 2.02 bits per heavy atom. The SMILES string of the molecule is CNc1nc(N)nc2c1ncn2[C@@H]1OC(CO[P@@](=O)(N[C@@H](C)C(=O)OC(C)C)Oc2ccccc2)[C@@H](O)[C@]1(F)Cl. The molecule has 1 unspecified atom stereocenters. The summed E-state index contributed by atoms with van der Waals surface area (Å²) >= 11 is 6.12. The summed E-state index contributed by atoms with van der Waals surface area (Å²) in [5, 5.41) is 13.2. The Kier molecular flexibility index (Phi) is 8.83. The number of esters is 1. The normalized spacial score (nSPS) is 25.1. The van der Waals surface area contributed by atoms with E-state index < -0.39 is 56.0 Å². The minimum Gasteiger partial charge on any atom is -0.462 e. The lowest BCUT2D eigenvalue weighted by Gasteiger charge is -2.25. The largest absolute Gasteiger partial charge is 0.462 e. The molecule has 5 N–H and O–H groups in total. The number of carbonyl (C=O) groups excluding carboxylic acids is 1. The Hall–Kier alpha value is -3.07. The Balaban J connectivity index is 1.56. The lowest BCUT2D eigenvalue weighted by atomic mass is 10.1. The van der Waals surface area contributed by atoms with Crippen molar-refractivity contribution >= 4 is 48.2 Å². The predicted octanol–water partition coefficient (Wildman–Crippen LogP) is 2.75. The van der Waals surface area contributed by atoms with E-state index in [-0.39, 0.29) is 28.7 Å². The maximum atomic E-state index is 15.7. The van der Waals surface area contributed by atoms with Crippen LogP contribution >= 0.6 is 19.3 Å². The van der Waals surface area contributed by atoms with Crippen LogP contribution in [0.15, 0.2) is 36.7 Å². The molecule has 3 heterocycles. The molecule has 4 rings (SSSR count). The van der Waals surface area contributed by atoms with Crippen LogP contribution in [0.3, 0.4) is 0 Å². The van der Waals surface area contributed by atoms with Crippen LogP contribution in [0, 0.1) is 0 Å². The number of nitrogens with two attached hydrogens (primary N) is 1. The van der Waals surface area contributed by atoms with Gasteiger partial charge in [-0.15, -0.1) is 0 Å². The van der Waals surface area contributed by atoms with Gasteiger partial charge in [0.2, 0.25) is 5.95 Å². The number of nitrogen functional groups attached to an aromatic ring is 1. The molecule has 1 aliphatic rings. The first kappa shape index (κ1) is 29.9. The van der Waals surface area contributed by atoms with Gasteiger partial charge in [-0.1, -0.05) is 29.8 Å². The summed E-state index contributed by atoms with van der Waals surface area (Å²) in [6.45, 7) is 4.09. The van der Waals surface area contributed by atoms with Gasteiger partial charge in [0, 0.05) is 7.05 Å². The molecule has 14 nitrogen and oxygen atoms in total. The molecule has 1 aliphatic heterocycles. The highest BCUT2D eigenvalue weighted by Gasteiger charge is 2.58. The van der Waals surface area contributed by atoms with Crippen LogP contribution in [0.25, 0.3) is 11.2 Å². The van der Waals surface area contributed by atoms with Gasteiger partial charge in [0.15, 0.2) is 23.2 Å². The minimum absolute atomic E-state index is 0.0931. The number of imidazole rings is 1. The number of nitrogens with one attached hydrogen (secondary N) is 2. The van der Waals surface area contributed by atoms with Crippen molar-refractivity contribution < 1.29 is 37.4 Å². The molecule has 1 fully saturated rings. The number of ether oxygens (including phenoxy) is 2. The fourth-order valence-corrected chi connectivity index (χ4v) is 5.69. The van der Waals surface area contributed by atoms with Gasteiger partial charge >= 0.3 is 13.7 Å². The Morgan fingerprint density at radius 1 is 1.32 bits per heavy atom. The van der Waals surface area contributed by atoms with Gasteiger partial charge in [0.25, 0.3) is 5.13 Å². The van der Waals surface area contributed by atoms with Crippen LogP contribution in [0.4, 0.5) is 16.2 Å². The van der Waals surface area contributed by atoms with Gasteiger partial charge < -0.3 is 30.2 Å². The number of carbonyl (C=O) groups is 1. The third kappa shape index (κ3) is 6.29. The summed E-state index contributed by atoms with van der Waals surface area (Å²) in [5.41, 5.74) is 6.12. The summed E-state index contributed by atoms with van der Waals surface area (Å²) in [6, 6.07) is 6.93. The van der Waals surface area contributed by atoms with E-state index in [0.29, 0.717) is 0 Å². The molecule has 0 spiro atoms. The van der Waals surface area contributed by atoms with Gasteiger partial charge in [-0.05, 0) is 32.9 Å². The number of aromatic nitrogens is 4. The smallest absolute Gasteiger partial charge is 0.459 e. The van der Waals surface area contributed by atoms with Crippen molar-refractivity contribution in [3.63, 3.8) is 0 Å². The number of alkyl halides is 2. The molecule has 2 aromatic heterocycles. The van der Waals surface area contributed by atoms with Crippen LogP contribution in [0.5, 0.6) is 5.75 Å². The Bertz CT molecular complexity index is 1400. The highest BCUT2D eigenvalue weighted by molar-refractivity contribution is 7.52. The second-order valence-electron chi connectivity index (χ2n) is 9.18. The van der Waals surface area contributed by atoms with E-state index in [9.17, 15) is 14.5 Å². The number of hydrogen-bond donors (Lipinski definition) is 4. The van der Waals surface area contributed by atoms with Crippen molar-refractivity contribution in [2.45, 2.75) is 56.5 Å². The highest BCUT2D eigenvalue weighted by atomic mass is 35.5. The molecule has 1 saturated heterocycles. The number of benzene rings is 1. The van der Waals surface area contributed by atoms with E-state index in [4.69, 9.17) is 35.9 Å². The molecule has 218 valence electrons. The van der Waals surface area contributed by atoms with E-state index in [1.54, 1.807) is 39.1 Å². The van der Waals surface area contributed by atoms with Crippen molar-refractivity contribution in [1.82, 2.24) is 24.6 Å². The number of aliphatic hydroxyl groups is 1. The lowest BCUT2D eigenvalue weighted by Crippen LogP contribution is -2.40. The van der Waals surface area contributed by atoms with Gasteiger partial charge in [-0.25, -0.2) is 13.9 Å². The fraction of sp³-hybridized carbons (Fsp3) is 0.478. The number of halogens is 2. The molecule has 0 saturated carbocycles. The molecular formula is C23H30ClFN7O7P. The molecule has 3 aromatic rings. The van der Waals surface area contributed by atoms with E-state index in [1.165, 1.54) is 25.4 Å². The van der Waals surface area contributed by atoms with Crippen LogP contribution < -0.4 is 20.7 Å². The number of hydrogen-bond acceptors (Lipinski definition) is 12. The van der Waals surface area contributed by atoms with Crippen molar-refractivity contribution in [2.75, 3.05) is 24.7 Å². The number of rotatable bonds is 11. The van der Waals surface area contributed by atoms with Crippen molar-refractivity contribution in [3.05, 3.63) is 36.7 Å². The topological polar surface area (TPSA) is 185 Å². The van der Waals surface area contributed by atoms with E-state index in [1.807, 2.05) is 0 Å². The quantitative estimate of drug-likeness (QED) is 0.143. The average Bonchev–Trinajstić information content (AvgIpc) is 3.40. The standard InChI is InChI=1S/C23H30ClFN7O7P/c1-12(2)37-20(34)13(3)31-40(35,39-14-8-6-5-7-9-14)36-10-15-17(33)23(24,25)21(38-15)32-11-28-16-18(27-4)29-22(26)30-19(16)32/h5-9,11-13,15,17,21,33H,10H2,1-4H3,(H,31,35)(H3,26,27,29,30)/t13-,15?,17+,21+,23+,40-/m0/s1. The number of aliphatic hydroxyl groups excluding tert-OH is 1. The summed E-state index contributed by atoms with van der Waals surface area (Å²) in [7, 11) is -2.73. The summed E-state index contributed by atoms with van der Waals surface area (Å²) in [5.74, 6) is -0.376. The molecule has 40 heavy (non-hydrogen) atoms. The van der Waals surface area contributed by atoms with Crippen molar-refractivity contribution in [3.8, 4) is 5.75 Å². The predicted molar refractivity (Wildman–Crippen MR) is 143 cm³/mol.